The largest absolute Gasteiger partial charge is 0.368 e. The SMILES string of the molecule is CC(=O)c1ccc(N2CCN(C(=O)Cc3csc(NC(=O)Nc4cccc(C)c4)n3)CC2)cc1. The number of hydrogen-bond donors (Lipinski definition) is 2. The van der Waals surface area contributed by atoms with E-state index in [1.165, 1.54) is 11.3 Å². The van der Waals surface area contributed by atoms with Crippen LogP contribution in [0.1, 0.15) is 28.5 Å². The van der Waals surface area contributed by atoms with Crippen LogP contribution < -0.4 is 15.5 Å². The van der Waals surface area contributed by atoms with Gasteiger partial charge in [-0.25, -0.2) is 9.78 Å². The highest BCUT2D eigenvalue weighted by atomic mass is 32.1. The first kappa shape index (κ1) is 23.4. The normalized spacial score (nSPS) is 13.5. The van der Waals surface area contributed by atoms with Crippen LogP contribution in [0.15, 0.2) is 53.9 Å². The van der Waals surface area contributed by atoms with Crippen molar-refractivity contribution in [3.05, 3.63) is 70.7 Å². The van der Waals surface area contributed by atoms with Gasteiger partial charge in [0.1, 0.15) is 0 Å². The molecule has 4 rings (SSSR count). The Morgan fingerprint density at radius 3 is 2.41 bits per heavy atom. The summed E-state index contributed by atoms with van der Waals surface area (Å²) in [4.78, 5) is 44.9. The van der Waals surface area contributed by atoms with Crippen molar-refractivity contribution in [3.63, 3.8) is 0 Å². The summed E-state index contributed by atoms with van der Waals surface area (Å²) < 4.78 is 0. The van der Waals surface area contributed by atoms with Gasteiger partial charge in [0.15, 0.2) is 10.9 Å². The molecule has 3 aromatic rings. The Labute approximate surface area is 202 Å². The maximum absolute atomic E-state index is 12.8. The molecule has 1 aromatic heterocycles. The second-order valence-corrected chi connectivity index (χ2v) is 9.10. The number of amides is 3. The number of benzene rings is 2. The van der Waals surface area contributed by atoms with Crippen molar-refractivity contribution in [2.24, 2.45) is 0 Å². The first-order valence-electron chi connectivity index (χ1n) is 11.1. The van der Waals surface area contributed by atoms with Gasteiger partial charge in [0.05, 0.1) is 12.1 Å². The summed E-state index contributed by atoms with van der Waals surface area (Å²) in [7, 11) is 0. The summed E-state index contributed by atoms with van der Waals surface area (Å²) in [5.41, 5.74) is 4.15. The van der Waals surface area contributed by atoms with Crippen LogP contribution in [0.3, 0.4) is 0 Å². The standard InChI is InChI=1S/C25H27N5O3S/c1-17-4-3-5-20(14-17)26-24(33)28-25-27-21(16-34-25)15-23(32)30-12-10-29(11-13-30)22-8-6-19(7-9-22)18(2)31/h3-9,14,16H,10-13,15H2,1-2H3,(H2,26,27,28,33). The van der Waals surface area contributed by atoms with Gasteiger partial charge in [-0.2, -0.15) is 0 Å². The van der Waals surface area contributed by atoms with Crippen molar-refractivity contribution in [1.29, 1.82) is 0 Å². The minimum absolute atomic E-state index is 0.0210. The van der Waals surface area contributed by atoms with Crippen LogP contribution in [0.5, 0.6) is 0 Å². The van der Waals surface area contributed by atoms with E-state index in [2.05, 4.69) is 20.5 Å². The average Bonchev–Trinajstić information content (AvgIpc) is 3.25. The third-order valence-electron chi connectivity index (χ3n) is 5.65. The Morgan fingerprint density at radius 2 is 1.74 bits per heavy atom. The molecular formula is C25H27N5O3S. The van der Waals surface area contributed by atoms with Crippen LogP contribution in [-0.2, 0) is 11.2 Å². The predicted molar refractivity (Wildman–Crippen MR) is 135 cm³/mol. The lowest BCUT2D eigenvalue weighted by molar-refractivity contribution is -0.130. The Morgan fingerprint density at radius 1 is 1.00 bits per heavy atom. The molecule has 34 heavy (non-hydrogen) atoms. The molecule has 0 saturated carbocycles. The van der Waals surface area contributed by atoms with Gasteiger partial charge in [0, 0.05) is 48.5 Å². The number of urea groups is 1. The summed E-state index contributed by atoms with van der Waals surface area (Å²) in [6.07, 6.45) is 0.199. The van der Waals surface area contributed by atoms with Crippen molar-refractivity contribution in [2.45, 2.75) is 20.3 Å². The van der Waals surface area contributed by atoms with Crippen LogP contribution in [0, 0.1) is 6.92 Å². The van der Waals surface area contributed by atoms with Crippen molar-refractivity contribution >= 4 is 45.6 Å². The summed E-state index contributed by atoms with van der Waals surface area (Å²) in [6, 6.07) is 14.7. The Bertz CT molecular complexity index is 1180. The highest BCUT2D eigenvalue weighted by molar-refractivity contribution is 7.14. The van der Waals surface area contributed by atoms with E-state index in [1.807, 2.05) is 60.4 Å². The molecule has 3 amide bonds. The maximum atomic E-state index is 12.8. The Balaban J connectivity index is 1.25. The van der Waals surface area contributed by atoms with Crippen molar-refractivity contribution in [3.8, 4) is 0 Å². The van der Waals surface area contributed by atoms with Gasteiger partial charge in [-0.1, -0.05) is 12.1 Å². The summed E-state index contributed by atoms with van der Waals surface area (Å²) in [6.45, 7) is 6.23. The van der Waals surface area contributed by atoms with Crippen molar-refractivity contribution in [1.82, 2.24) is 9.88 Å². The molecule has 1 fully saturated rings. The highest BCUT2D eigenvalue weighted by Crippen LogP contribution is 2.20. The third kappa shape index (κ3) is 5.99. The lowest BCUT2D eigenvalue weighted by Crippen LogP contribution is -2.49. The number of aryl methyl sites for hydroxylation is 1. The third-order valence-corrected chi connectivity index (χ3v) is 6.46. The molecule has 176 valence electrons. The first-order valence-corrected chi connectivity index (χ1v) is 12.0. The number of Topliss-reactive ketones (excluding diaryl/α,β-unsaturated/α-hetero) is 1. The minimum atomic E-state index is -0.370. The smallest absolute Gasteiger partial charge is 0.325 e. The topological polar surface area (TPSA) is 94.6 Å². The van der Waals surface area contributed by atoms with Crippen LogP contribution in [0.2, 0.25) is 0 Å². The molecule has 0 bridgehead atoms. The highest BCUT2D eigenvalue weighted by Gasteiger charge is 2.22. The number of hydrogen-bond acceptors (Lipinski definition) is 6. The van der Waals surface area contributed by atoms with Gasteiger partial charge < -0.3 is 15.1 Å². The van der Waals surface area contributed by atoms with E-state index in [4.69, 9.17) is 0 Å². The summed E-state index contributed by atoms with van der Waals surface area (Å²) in [5.74, 6) is 0.0712. The minimum Gasteiger partial charge on any atom is -0.368 e. The molecular weight excluding hydrogens is 450 g/mol. The monoisotopic (exact) mass is 477 g/mol. The van der Waals surface area contributed by atoms with E-state index < -0.39 is 0 Å². The number of rotatable bonds is 6. The van der Waals surface area contributed by atoms with Gasteiger partial charge >= 0.3 is 6.03 Å². The fourth-order valence-electron chi connectivity index (χ4n) is 3.82. The molecule has 0 aliphatic carbocycles. The van der Waals surface area contributed by atoms with E-state index in [0.717, 1.165) is 24.3 Å². The number of carbonyl (C=O) groups is 3. The maximum Gasteiger partial charge on any atom is 0.325 e. The molecule has 0 unspecified atom stereocenters. The molecule has 0 spiro atoms. The van der Waals surface area contributed by atoms with Crippen LogP contribution >= 0.6 is 11.3 Å². The number of anilines is 3. The molecule has 9 heteroatoms. The molecule has 1 saturated heterocycles. The van der Waals surface area contributed by atoms with E-state index >= 15 is 0 Å². The molecule has 2 heterocycles. The molecule has 1 aliphatic rings. The lowest BCUT2D eigenvalue weighted by atomic mass is 10.1. The van der Waals surface area contributed by atoms with Crippen LogP contribution in [0.25, 0.3) is 0 Å². The number of piperazine rings is 1. The van der Waals surface area contributed by atoms with E-state index in [9.17, 15) is 14.4 Å². The van der Waals surface area contributed by atoms with Crippen LogP contribution in [0.4, 0.5) is 21.3 Å². The molecule has 2 N–H and O–H groups in total. The van der Waals surface area contributed by atoms with Gasteiger partial charge in [0.2, 0.25) is 5.91 Å². The number of nitrogens with one attached hydrogen (secondary N) is 2. The second-order valence-electron chi connectivity index (χ2n) is 8.24. The van der Waals surface area contributed by atoms with E-state index in [-0.39, 0.29) is 24.1 Å². The van der Waals surface area contributed by atoms with Gasteiger partial charge in [-0.15, -0.1) is 11.3 Å². The zero-order chi connectivity index (χ0) is 24.1. The molecule has 0 atom stereocenters. The van der Waals surface area contributed by atoms with Crippen LogP contribution in [-0.4, -0.2) is 53.8 Å². The average molecular weight is 478 g/mol. The van der Waals surface area contributed by atoms with Crippen molar-refractivity contribution < 1.29 is 14.4 Å². The molecule has 8 nitrogen and oxygen atoms in total. The van der Waals surface area contributed by atoms with E-state index in [1.54, 1.807) is 12.3 Å². The zero-order valence-corrected chi connectivity index (χ0v) is 20.0. The number of ketones is 1. The van der Waals surface area contributed by atoms with E-state index in [0.29, 0.717) is 35.2 Å². The Hall–Kier alpha value is -3.72. The van der Waals surface area contributed by atoms with Crippen molar-refractivity contribution in [2.75, 3.05) is 41.7 Å². The molecule has 0 radical (unpaired) electrons. The molecule has 2 aromatic carbocycles. The Kier molecular flexibility index (Phi) is 7.22. The number of thiazole rings is 1. The quantitative estimate of drug-likeness (QED) is 0.519. The number of carbonyl (C=O) groups excluding carboxylic acids is 3. The molecule has 1 aliphatic heterocycles. The zero-order valence-electron chi connectivity index (χ0n) is 19.2. The predicted octanol–water partition coefficient (Wildman–Crippen LogP) is 4.19. The fourth-order valence-corrected chi connectivity index (χ4v) is 4.52. The second kappa shape index (κ2) is 10.5. The van der Waals surface area contributed by atoms with Gasteiger partial charge in [-0.3, -0.25) is 14.9 Å². The first-order chi connectivity index (χ1) is 16.4. The van der Waals surface area contributed by atoms with Gasteiger partial charge in [-0.05, 0) is 55.8 Å². The van der Waals surface area contributed by atoms with Gasteiger partial charge in [0.25, 0.3) is 0 Å². The lowest BCUT2D eigenvalue weighted by Gasteiger charge is -2.36. The fraction of sp³-hybridized carbons (Fsp3) is 0.280. The summed E-state index contributed by atoms with van der Waals surface area (Å²) in [5, 5.41) is 7.75. The summed E-state index contributed by atoms with van der Waals surface area (Å²) >= 11 is 1.29. The number of nitrogens with zero attached hydrogens (tertiary/aromatic N) is 3. The number of aromatic nitrogens is 1.